The Labute approximate surface area is 117 Å². The van der Waals surface area contributed by atoms with Gasteiger partial charge in [-0.3, -0.25) is 4.98 Å². The summed E-state index contributed by atoms with van der Waals surface area (Å²) < 4.78 is 0.838. The lowest BCUT2D eigenvalue weighted by molar-refractivity contribution is 0.552. The monoisotopic (exact) mass is 280 g/mol. The molecule has 0 aliphatic carbocycles. The Kier molecular flexibility index (Phi) is 4.75. The van der Waals surface area contributed by atoms with Crippen LogP contribution in [0.25, 0.3) is 0 Å². The van der Waals surface area contributed by atoms with Crippen LogP contribution in [0.1, 0.15) is 29.1 Å². The molecule has 2 aromatic heterocycles. The third-order valence-corrected chi connectivity index (χ3v) is 4.12. The van der Waals surface area contributed by atoms with Crippen molar-refractivity contribution >= 4 is 22.9 Å². The molecule has 0 saturated carbocycles. The Morgan fingerprint density at radius 2 is 2.17 bits per heavy atom. The van der Waals surface area contributed by atoms with Crippen LogP contribution in [0.15, 0.2) is 30.5 Å². The Morgan fingerprint density at radius 1 is 1.33 bits per heavy atom. The van der Waals surface area contributed by atoms with Gasteiger partial charge in [0.15, 0.2) is 0 Å². The summed E-state index contributed by atoms with van der Waals surface area (Å²) in [6, 6.07) is 8.53. The number of thiophene rings is 1. The molecule has 0 amide bonds. The van der Waals surface area contributed by atoms with E-state index in [0.29, 0.717) is 6.04 Å². The van der Waals surface area contributed by atoms with Crippen molar-refractivity contribution in [3.8, 4) is 0 Å². The molecule has 1 atom stereocenters. The average molecular weight is 281 g/mol. The number of aryl methyl sites for hydroxylation is 1. The molecule has 4 heteroatoms. The Bertz CT molecular complexity index is 493. The number of aromatic nitrogens is 1. The van der Waals surface area contributed by atoms with Crippen molar-refractivity contribution in [1.29, 1.82) is 0 Å². The van der Waals surface area contributed by atoms with E-state index in [1.54, 1.807) is 11.3 Å². The van der Waals surface area contributed by atoms with Crippen LogP contribution in [0.3, 0.4) is 0 Å². The molecule has 2 heterocycles. The van der Waals surface area contributed by atoms with Gasteiger partial charge in [-0.25, -0.2) is 0 Å². The molecule has 2 rings (SSSR count). The molecule has 18 heavy (non-hydrogen) atoms. The van der Waals surface area contributed by atoms with E-state index in [9.17, 15) is 0 Å². The van der Waals surface area contributed by atoms with Crippen molar-refractivity contribution in [2.75, 3.05) is 6.54 Å². The first-order valence-corrected chi connectivity index (χ1v) is 7.28. The van der Waals surface area contributed by atoms with E-state index in [2.05, 4.69) is 42.3 Å². The predicted octanol–water partition coefficient (Wildman–Crippen LogP) is 4.00. The maximum Gasteiger partial charge on any atom is 0.0931 e. The molecule has 0 aromatic carbocycles. The fourth-order valence-electron chi connectivity index (χ4n) is 1.86. The predicted molar refractivity (Wildman–Crippen MR) is 78.4 cm³/mol. The third kappa shape index (κ3) is 3.55. The molecule has 0 bridgehead atoms. The highest BCUT2D eigenvalue weighted by Gasteiger charge is 2.14. The summed E-state index contributed by atoms with van der Waals surface area (Å²) in [6.07, 6.45) is 2.81. The van der Waals surface area contributed by atoms with Gasteiger partial charge in [-0.15, -0.1) is 11.3 Å². The largest absolute Gasteiger partial charge is 0.309 e. The molecule has 0 radical (unpaired) electrons. The highest BCUT2D eigenvalue weighted by Crippen LogP contribution is 2.28. The van der Waals surface area contributed by atoms with Gasteiger partial charge < -0.3 is 5.32 Å². The Morgan fingerprint density at radius 3 is 2.72 bits per heavy atom. The number of likely N-dealkylation sites (N-methyl/N-ethyl adjacent to an activating group) is 1. The second-order valence-corrected chi connectivity index (χ2v) is 6.03. The molecule has 2 aromatic rings. The van der Waals surface area contributed by atoms with E-state index in [-0.39, 0.29) is 0 Å². The highest BCUT2D eigenvalue weighted by molar-refractivity contribution is 7.16. The van der Waals surface area contributed by atoms with Crippen LogP contribution in [0.2, 0.25) is 4.34 Å². The summed E-state index contributed by atoms with van der Waals surface area (Å²) in [4.78, 5) is 5.73. The number of pyridine rings is 1. The summed E-state index contributed by atoms with van der Waals surface area (Å²) in [5, 5.41) is 3.49. The molecule has 0 fully saturated rings. The lowest BCUT2D eigenvalue weighted by Crippen LogP contribution is -2.22. The summed E-state index contributed by atoms with van der Waals surface area (Å²) in [5.74, 6) is 0. The number of nitrogens with one attached hydrogen (secondary N) is 1. The minimum atomic E-state index is 0.294. The first kappa shape index (κ1) is 13.5. The van der Waals surface area contributed by atoms with E-state index in [4.69, 9.17) is 11.6 Å². The Balaban J connectivity index is 2.13. The molecule has 0 aliphatic heterocycles. The molecule has 0 saturated heterocycles. The standard InChI is InChI=1S/C14H17ClN2S/c1-3-16-12(13-6-7-14(15)18-13)8-11-5-4-10(2)9-17-11/h4-7,9,12,16H,3,8H2,1-2H3. The van der Waals surface area contributed by atoms with E-state index in [1.165, 1.54) is 10.4 Å². The van der Waals surface area contributed by atoms with Gasteiger partial charge in [0, 0.05) is 29.2 Å². The molecule has 1 N–H and O–H groups in total. The van der Waals surface area contributed by atoms with Crippen LogP contribution in [0, 0.1) is 6.92 Å². The van der Waals surface area contributed by atoms with Gasteiger partial charge in [0.05, 0.1) is 4.34 Å². The lowest BCUT2D eigenvalue weighted by atomic mass is 10.1. The topological polar surface area (TPSA) is 24.9 Å². The van der Waals surface area contributed by atoms with Crippen LogP contribution in [0.5, 0.6) is 0 Å². The van der Waals surface area contributed by atoms with Crippen LogP contribution in [-0.4, -0.2) is 11.5 Å². The van der Waals surface area contributed by atoms with Crippen molar-refractivity contribution in [3.05, 3.63) is 50.9 Å². The zero-order valence-electron chi connectivity index (χ0n) is 10.6. The summed E-state index contributed by atoms with van der Waals surface area (Å²) >= 11 is 7.64. The van der Waals surface area contributed by atoms with Crippen molar-refractivity contribution in [1.82, 2.24) is 10.3 Å². The smallest absolute Gasteiger partial charge is 0.0931 e. The van der Waals surface area contributed by atoms with Gasteiger partial charge in [0.2, 0.25) is 0 Å². The zero-order chi connectivity index (χ0) is 13.0. The van der Waals surface area contributed by atoms with Gasteiger partial charge >= 0.3 is 0 Å². The van der Waals surface area contributed by atoms with Gasteiger partial charge in [-0.2, -0.15) is 0 Å². The first-order chi connectivity index (χ1) is 8.69. The maximum absolute atomic E-state index is 6.00. The van der Waals surface area contributed by atoms with Gasteiger partial charge in [0.25, 0.3) is 0 Å². The SMILES string of the molecule is CCNC(Cc1ccc(C)cn1)c1ccc(Cl)s1. The maximum atomic E-state index is 6.00. The van der Waals surface area contributed by atoms with Crippen molar-refractivity contribution in [3.63, 3.8) is 0 Å². The van der Waals surface area contributed by atoms with Gasteiger partial charge in [-0.1, -0.05) is 24.6 Å². The van der Waals surface area contributed by atoms with Crippen molar-refractivity contribution in [2.45, 2.75) is 26.3 Å². The van der Waals surface area contributed by atoms with Crippen LogP contribution in [0.4, 0.5) is 0 Å². The number of hydrogen-bond acceptors (Lipinski definition) is 3. The number of nitrogens with zero attached hydrogens (tertiary/aromatic N) is 1. The first-order valence-electron chi connectivity index (χ1n) is 6.09. The molecule has 96 valence electrons. The van der Waals surface area contributed by atoms with Crippen LogP contribution in [-0.2, 0) is 6.42 Å². The average Bonchev–Trinajstić information content (AvgIpc) is 2.78. The normalized spacial score (nSPS) is 12.6. The second kappa shape index (κ2) is 6.32. The van der Waals surface area contributed by atoms with Crippen LogP contribution < -0.4 is 5.32 Å². The second-order valence-electron chi connectivity index (χ2n) is 4.28. The quantitative estimate of drug-likeness (QED) is 0.895. The number of rotatable bonds is 5. The van der Waals surface area contributed by atoms with Gasteiger partial charge in [0.1, 0.15) is 0 Å². The highest BCUT2D eigenvalue weighted by atomic mass is 35.5. The molecule has 2 nitrogen and oxygen atoms in total. The molecular weight excluding hydrogens is 264 g/mol. The minimum Gasteiger partial charge on any atom is -0.309 e. The van der Waals surface area contributed by atoms with Crippen molar-refractivity contribution in [2.24, 2.45) is 0 Å². The molecular formula is C14H17ClN2S. The fourth-order valence-corrected chi connectivity index (χ4v) is 3.00. The zero-order valence-corrected chi connectivity index (χ0v) is 12.2. The lowest BCUT2D eigenvalue weighted by Gasteiger charge is -2.16. The molecule has 0 spiro atoms. The van der Waals surface area contributed by atoms with E-state index in [1.807, 2.05) is 12.3 Å². The van der Waals surface area contributed by atoms with E-state index < -0.39 is 0 Å². The summed E-state index contributed by atoms with van der Waals surface area (Å²) in [7, 11) is 0. The van der Waals surface area contributed by atoms with Gasteiger partial charge in [-0.05, 0) is 37.2 Å². The fraction of sp³-hybridized carbons (Fsp3) is 0.357. The number of halogens is 1. The van der Waals surface area contributed by atoms with Crippen molar-refractivity contribution < 1.29 is 0 Å². The summed E-state index contributed by atoms with van der Waals surface area (Å²) in [5.41, 5.74) is 2.30. The Hall–Kier alpha value is -0.900. The number of hydrogen-bond donors (Lipinski definition) is 1. The van der Waals surface area contributed by atoms with Crippen LogP contribution >= 0.6 is 22.9 Å². The molecule has 1 unspecified atom stereocenters. The van der Waals surface area contributed by atoms with E-state index >= 15 is 0 Å². The third-order valence-electron chi connectivity index (χ3n) is 2.77. The molecule has 0 aliphatic rings. The minimum absolute atomic E-state index is 0.294. The summed E-state index contributed by atoms with van der Waals surface area (Å²) in [6.45, 7) is 5.11. The van der Waals surface area contributed by atoms with E-state index in [0.717, 1.165) is 23.0 Å².